The minimum Gasteiger partial charge on any atom is -0.368 e. The molecule has 3 aromatic rings. The number of para-hydroxylation sites is 2. The molecular formula is C20H24N6O. The summed E-state index contributed by atoms with van der Waals surface area (Å²) in [6.45, 7) is 6.42. The van der Waals surface area contributed by atoms with Crippen molar-refractivity contribution in [3.63, 3.8) is 0 Å². The van der Waals surface area contributed by atoms with Gasteiger partial charge in [0, 0.05) is 50.8 Å². The van der Waals surface area contributed by atoms with Crippen LogP contribution in [0.15, 0.2) is 48.8 Å². The number of hydrogen-bond acceptors (Lipinski definition) is 4. The van der Waals surface area contributed by atoms with Gasteiger partial charge in [-0.2, -0.15) is 0 Å². The second-order valence-corrected chi connectivity index (χ2v) is 6.60. The minimum atomic E-state index is -0.0286. The van der Waals surface area contributed by atoms with Gasteiger partial charge in [-0.05, 0) is 31.2 Å². The van der Waals surface area contributed by atoms with Crippen molar-refractivity contribution in [1.82, 2.24) is 24.8 Å². The fourth-order valence-corrected chi connectivity index (χ4v) is 3.60. The maximum Gasteiger partial charge on any atom is 0.317 e. The molecule has 3 heterocycles. The van der Waals surface area contributed by atoms with Gasteiger partial charge in [0.2, 0.25) is 0 Å². The lowest BCUT2D eigenvalue weighted by Crippen LogP contribution is -2.51. The molecule has 4 rings (SSSR count). The van der Waals surface area contributed by atoms with Gasteiger partial charge >= 0.3 is 6.03 Å². The van der Waals surface area contributed by atoms with Gasteiger partial charge < -0.3 is 19.7 Å². The zero-order chi connectivity index (χ0) is 18.6. The van der Waals surface area contributed by atoms with Gasteiger partial charge in [-0.3, -0.25) is 4.98 Å². The average molecular weight is 364 g/mol. The third-order valence-electron chi connectivity index (χ3n) is 5.04. The maximum absolute atomic E-state index is 12.6. The normalized spacial score (nSPS) is 14.6. The molecule has 1 aliphatic rings. The van der Waals surface area contributed by atoms with Crippen molar-refractivity contribution in [3.8, 4) is 0 Å². The van der Waals surface area contributed by atoms with Gasteiger partial charge in [0.25, 0.3) is 0 Å². The largest absolute Gasteiger partial charge is 0.368 e. The summed E-state index contributed by atoms with van der Waals surface area (Å²) in [5, 5.41) is 3.03. The number of carbonyl (C=O) groups excluding carboxylic acids is 1. The van der Waals surface area contributed by atoms with Crippen molar-refractivity contribution in [2.75, 3.05) is 31.1 Å². The highest BCUT2D eigenvalue weighted by Gasteiger charge is 2.21. The molecular weight excluding hydrogens is 340 g/mol. The molecule has 0 radical (unpaired) electrons. The topological polar surface area (TPSA) is 66.3 Å². The lowest BCUT2D eigenvalue weighted by molar-refractivity contribution is 0.193. The smallest absolute Gasteiger partial charge is 0.317 e. The van der Waals surface area contributed by atoms with Crippen molar-refractivity contribution in [2.45, 2.75) is 20.0 Å². The molecule has 2 aromatic heterocycles. The van der Waals surface area contributed by atoms with Crippen LogP contribution < -0.4 is 10.2 Å². The number of nitrogens with one attached hydrogen (secondary N) is 1. The van der Waals surface area contributed by atoms with Crippen molar-refractivity contribution in [1.29, 1.82) is 0 Å². The average Bonchev–Trinajstić information content (AvgIpc) is 3.10. The first-order valence-electron chi connectivity index (χ1n) is 9.38. The molecule has 0 unspecified atom stereocenters. The number of fused-ring (bicyclic) bond motifs is 1. The summed E-state index contributed by atoms with van der Waals surface area (Å²) in [6, 6.07) is 12.1. The molecule has 27 heavy (non-hydrogen) atoms. The summed E-state index contributed by atoms with van der Waals surface area (Å²) in [7, 11) is 0. The van der Waals surface area contributed by atoms with Crippen LogP contribution in [-0.4, -0.2) is 51.6 Å². The number of urea groups is 1. The van der Waals surface area contributed by atoms with Crippen LogP contribution >= 0.6 is 0 Å². The number of nitrogens with zero attached hydrogens (tertiary/aromatic N) is 5. The number of aryl methyl sites for hydroxylation is 1. The molecule has 0 saturated carbocycles. The first-order valence-corrected chi connectivity index (χ1v) is 9.38. The second kappa shape index (κ2) is 7.65. The molecule has 7 heteroatoms. The summed E-state index contributed by atoms with van der Waals surface area (Å²) in [5.74, 6) is 0.891. The minimum absolute atomic E-state index is 0.0286. The van der Waals surface area contributed by atoms with Crippen LogP contribution in [0.5, 0.6) is 0 Å². The molecule has 2 amide bonds. The number of rotatable bonds is 4. The van der Waals surface area contributed by atoms with E-state index in [4.69, 9.17) is 0 Å². The number of anilines is 1. The number of benzene rings is 1. The Bertz CT molecular complexity index is 915. The first kappa shape index (κ1) is 17.3. The molecule has 1 saturated heterocycles. The van der Waals surface area contributed by atoms with Crippen LogP contribution in [0.2, 0.25) is 0 Å². The predicted octanol–water partition coefficient (Wildman–Crippen LogP) is 2.48. The monoisotopic (exact) mass is 364 g/mol. The van der Waals surface area contributed by atoms with Gasteiger partial charge in [0.05, 0.1) is 17.6 Å². The Morgan fingerprint density at radius 3 is 2.56 bits per heavy atom. The van der Waals surface area contributed by atoms with E-state index in [0.717, 1.165) is 42.2 Å². The number of pyridine rings is 1. The molecule has 1 aliphatic heterocycles. The van der Waals surface area contributed by atoms with Crippen molar-refractivity contribution in [2.24, 2.45) is 0 Å². The molecule has 1 N–H and O–H groups in total. The molecule has 0 aliphatic carbocycles. The maximum atomic E-state index is 12.6. The van der Waals surface area contributed by atoms with Crippen LogP contribution in [0, 0.1) is 0 Å². The number of piperazine rings is 1. The van der Waals surface area contributed by atoms with Gasteiger partial charge in [-0.1, -0.05) is 12.1 Å². The lowest BCUT2D eigenvalue weighted by Gasteiger charge is -2.36. The van der Waals surface area contributed by atoms with Gasteiger partial charge in [0.1, 0.15) is 5.82 Å². The van der Waals surface area contributed by atoms with Crippen molar-refractivity contribution in [3.05, 3.63) is 54.6 Å². The molecule has 1 aromatic carbocycles. The van der Waals surface area contributed by atoms with Crippen molar-refractivity contribution < 1.29 is 4.79 Å². The first-order chi connectivity index (χ1) is 13.3. The SMILES string of the molecule is CCn1c(CNC(=O)N2CCN(c3ccncc3)CC2)nc2ccccc21. The van der Waals surface area contributed by atoms with Crippen molar-refractivity contribution >= 4 is 22.8 Å². The highest BCUT2D eigenvalue weighted by molar-refractivity contribution is 5.77. The Morgan fingerprint density at radius 1 is 1.07 bits per heavy atom. The number of imidazole rings is 1. The Labute approximate surface area is 158 Å². The van der Waals surface area contributed by atoms with Gasteiger partial charge in [-0.15, -0.1) is 0 Å². The molecule has 1 fully saturated rings. The molecule has 7 nitrogen and oxygen atoms in total. The summed E-state index contributed by atoms with van der Waals surface area (Å²) >= 11 is 0. The molecule has 0 atom stereocenters. The van der Waals surface area contributed by atoms with E-state index in [2.05, 4.69) is 37.7 Å². The highest BCUT2D eigenvalue weighted by Crippen LogP contribution is 2.17. The summed E-state index contributed by atoms with van der Waals surface area (Å²) in [4.78, 5) is 25.5. The Morgan fingerprint density at radius 2 is 1.81 bits per heavy atom. The zero-order valence-electron chi connectivity index (χ0n) is 15.5. The van der Waals surface area contributed by atoms with Gasteiger partial charge in [-0.25, -0.2) is 9.78 Å². The quantitative estimate of drug-likeness (QED) is 0.772. The van der Waals surface area contributed by atoms with Crippen LogP contribution in [0.25, 0.3) is 11.0 Å². The molecule has 0 bridgehead atoms. The van der Waals surface area contributed by atoms with Crippen LogP contribution in [0.3, 0.4) is 0 Å². The van der Waals surface area contributed by atoms with E-state index in [-0.39, 0.29) is 6.03 Å². The van der Waals surface area contributed by atoms with Gasteiger partial charge in [0.15, 0.2) is 0 Å². The predicted molar refractivity (Wildman–Crippen MR) is 106 cm³/mol. The van der Waals surface area contributed by atoms with Crippen LogP contribution in [0.1, 0.15) is 12.7 Å². The molecule has 140 valence electrons. The van der Waals surface area contributed by atoms with E-state index in [9.17, 15) is 4.79 Å². The van der Waals surface area contributed by atoms with E-state index in [0.29, 0.717) is 19.6 Å². The standard InChI is InChI=1S/C20H24N6O/c1-2-26-18-6-4-3-5-17(18)23-19(26)15-22-20(27)25-13-11-24(12-14-25)16-7-9-21-10-8-16/h3-10H,2,11-15H2,1H3,(H,22,27). The number of hydrogen-bond donors (Lipinski definition) is 1. The van der Waals surface area contributed by atoms with E-state index >= 15 is 0 Å². The summed E-state index contributed by atoms with van der Waals surface area (Å²) in [6.07, 6.45) is 3.60. The zero-order valence-corrected chi connectivity index (χ0v) is 15.5. The van der Waals surface area contributed by atoms with E-state index < -0.39 is 0 Å². The number of amides is 2. The number of carbonyl (C=O) groups is 1. The number of aromatic nitrogens is 3. The van der Waals surface area contributed by atoms with E-state index in [1.165, 1.54) is 0 Å². The van der Waals surface area contributed by atoms with Crippen LogP contribution in [-0.2, 0) is 13.1 Å². The Kier molecular flexibility index (Phi) is 4.91. The third-order valence-corrected chi connectivity index (χ3v) is 5.04. The fourth-order valence-electron chi connectivity index (χ4n) is 3.60. The summed E-state index contributed by atoms with van der Waals surface area (Å²) < 4.78 is 2.15. The summed E-state index contributed by atoms with van der Waals surface area (Å²) in [5.41, 5.74) is 3.23. The van der Waals surface area contributed by atoms with Crippen LogP contribution in [0.4, 0.5) is 10.5 Å². The Hall–Kier alpha value is -3.09. The Balaban J connectivity index is 1.35. The lowest BCUT2D eigenvalue weighted by atomic mass is 10.3. The second-order valence-electron chi connectivity index (χ2n) is 6.60. The van der Waals surface area contributed by atoms with E-state index in [1.54, 1.807) is 12.4 Å². The molecule has 0 spiro atoms. The van der Waals surface area contributed by atoms with E-state index in [1.807, 2.05) is 35.2 Å². The third kappa shape index (κ3) is 3.58. The fraction of sp³-hybridized carbons (Fsp3) is 0.350. The highest BCUT2D eigenvalue weighted by atomic mass is 16.2.